The molecule has 1 aromatic rings. The highest BCUT2D eigenvalue weighted by Crippen LogP contribution is 2.29. The summed E-state index contributed by atoms with van der Waals surface area (Å²) in [4.78, 5) is 0. The SMILES string of the molecule is CC(C)=C(C)NNc1c(C)c(C)c(C)c(C)c1C. The Labute approximate surface area is 111 Å². The number of hydrazine groups is 1. The standard InChI is InChI=1S/C16H26N2/c1-9(2)15(8)17-18-16-13(6)11(4)10(3)12(5)14(16)7/h17-18H,1-8H3. The molecule has 100 valence electrons. The van der Waals surface area contributed by atoms with Gasteiger partial charge in [-0.2, -0.15) is 0 Å². The molecule has 2 nitrogen and oxygen atoms in total. The molecule has 2 N–H and O–H groups in total. The van der Waals surface area contributed by atoms with Gasteiger partial charge in [0.2, 0.25) is 0 Å². The van der Waals surface area contributed by atoms with Crippen molar-refractivity contribution in [1.29, 1.82) is 0 Å². The van der Waals surface area contributed by atoms with Crippen molar-refractivity contribution in [2.24, 2.45) is 0 Å². The van der Waals surface area contributed by atoms with Gasteiger partial charge in [0.05, 0.1) is 5.69 Å². The molecule has 0 aliphatic rings. The first-order valence-electron chi connectivity index (χ1n) is 6.50. The first-order valence-corrected chi connectivity index (χ1v) is 6.50. The van der Waals surface area contributed by atoms with E-state index in [-0.39, 0.29) is 0 Å². The molecule has 0 heterocycles. The molecule has 0 aromatic heterocycles. The molecule has 0 saturated carbocycles. The molecule has 0 saturated heterocycles. The summed E-state index contributed by atoms with van der Waals surface area (Å²) in [6.07, 6.45) is 0. The Kier molecular flexibility index (Phi) is 4.44. The maximum absolute atomic E-state index is 3.36. The highest BCUT2D eigenvalue weighted by atomic mass is 15.4. The highest BCUT2D eigenvalue weighted by molar-refractivity contribution is 5.64. The Balaban J connectivity index is 3.15. The fourth-order valence-corrected chi connectivity index (χ4v) is 1.97. The van der Waals surface area contributed by atoms with Crippen molar-refractivity contribution in [2.75, 3.05) is 5.43 Å². The van der Waals surface area contributed by atoms with Crippen LogP contribution in [0, 0.1) is 34.6 Å². The maximum atomic E-state index is 3.36. The van der Waals surface area contributed by atoms with E-state index in [0.717, 1.165) is 0 Å². The molecule has 0 atom stereocenters. The van der Waals surface area contributed by atoms with Gasteiger partial charge < -0.3 is 10.9 Å². The van der Waals surface area contributed by atoms with E-state index in [9.17, 15) is 0 Å². The van der Waals surface area contributed by atoms with Crippen LogP contribution in [-0.2, 0) is 0 Å². The number of allylic oxidation sites excluding steroid dienone is 2. The van der Waals surface area contributed by atoms with E-state index >= 15 is 0 Å². The molecule has 0 fully saturated rings. The lowest BCUT2D eigenvalue weighted by Crippen LogP contribution is -2.22. The van der Waals surface area contributed by atoms with Gasteiger partial charge in [0.25, 0.3) is 0 Å². The van der Waals surface area contributed by atoms with Crippen LogP contribution in [0.4, 0.5) is 5.69 Å². The molecule has 0 bridgehead atoms. The van der Waals surface area contributed by atoms with Crippen molar-refractivity contribution in [3.05, 3.63) is 39.1 Å². The minimum absolute atomic E-state index is 1.17. The van der Waals surface area contributed by atoms with Crippen molar-refractivity contribution in [2.45, 2.75) is 55.4 Å². The van der Waals surface area contributed by atoms with Gasteiger partial charge in [0, 0.05) is 5.70 Å². The van der Waals surface area contributed by atoms with Crippen molar-refractivity contribution in [1.82, 2.24) is 5.43 Å². The molecular formula is C16H26N2. The van der Waals surface area contributed by atoms with Crippen molar-refractivity contribution < 1.29 is 0 Å². The van der Waals surface area contributed by atoms with E-state index in [1.165, 1.54) is 44.8 Å². The lowest BCUT2D eigenvalue weighted by atomic mass is 9.93. The van der Waals surface area contributed by atoms with Crippen LogP contribution < -0.4 is 10.9 Å². The summed E-state index contributed by atoms with van der Waals surface area (Å²) in [5, 5.41) is 0. The molecule has 0 radical (unpaired) electrons. The van der Waals surface area contributed by atoms with Gasteiger partial charge in [-0.15, -0.1) is 0 Å². The average molecular weight is 246 g/mol. The number of nitrogens with one attached hydrogen (secondary N) is 2. The third kappa shape index (κ3) is 2.69. The van der Waals surface area contributed by atoms with Gasteiger partial charge >= 0.3 is 0 Å². The second-order valence-corrected chi connectivity index (χ2v) is 5.38. The van der Waals surface area contributed by atoms with Crippen LogP contribution in [0.1, 0.15) is 48.6 Å². The van der Waals surface area contributed by atoms with E-state index in [2.05, 4.69) is 66.2 Å². The monoisotopic (exact) mass is 246 g/mol. The van der Waals surface area contributed by atoms with Crippen LogP contribution in [0.2, 0.25) is 0 Å². The van der Waals surface area contributed by atoms with Crippen LogP contribution in [-0.4, -0.2) is 0 Å². The molecule has 18 heavy (non-hydrogen) atoms. The smallest absolute Gasteiger partial charge is 0.0603 e. The average Bonchev–Trinajstić information content (AvgIpc) is 2.33. The molecule has 1 aromatic carbocycles. The summed E-state index contributed by atoms with van der Waals surface area (Å²) in [6, 6.07) is 0. The number of benzene rings is 1. The van der Waals surface area contributed by atoms with Crippen LogP contribution >= 0.6 is 0 Å². The fraction of sp³-hybridized carbons (Fsp3) is 0.500. The Morgan fingerprint density at radius 2 is 1.06 bits per heavy atom. The molecule has 0 unspecified atom stereocenters. The van der Waals surface area contributed by atoms with E-state index in [1.807, 2.05) is 0 Å². The topological polar surface area (TPSA) is 24.1 Å². The van der Waals surface area contributed by atoms with E-state index in [0.29, 0.717) is 0 Å². The third-order valence-corrected chi connectivity index (χ3v) is 4.12. The van der Waals surface area contributed by atoms with E-state index < -0.39 is 0 Å². The summed E-state index contributed by atoms with van der Waals surface area (Å²) in [5.74, 6) is 0. The zero-order chi connectivity index (χ0) is 14.0. The van der Waals surface area contributed by atoms with Crippen LogP contribution in [0.15, 0.2) is 11.3 Å². The minimum Gasteiger partial charge on any atom is -0.305 e. The van der Waals surface area contributed by atoms with Gasteiger partial charge in [-0.25, -0.2) is 0 Å². The summed E-state index contributed by atoms with van der Waals surface area (Å²) in [5.41, 5.74) is 17.1. The fourth-order valence-electron chi connectivity index (χ4n) is 1.97. The molecule has 0 aliphatic carbocycles. The summed E-state index contributed by atoms with van der Waals surface area (Å²) < 4.78 is 0. The molecule has 0 spiro atoms. The maximum Gasteiger partial charge on any atom is 0.0603 e. The number of anilines is 1. The lowest BCUT2D eigenvalue weighted by Gasteiger charge is -2.21. The van der Waals surface area contributed by atoms with Gasteiger partial charge in [-0.3, -0.25) is 0 Å². The lowest BCUT2D eigenvalue weighted by molar-refractivity contribution is 0.924. The quantitative estimate of drug-likeness (QED) is 0.769. The van der Waals surface area contributed by atoms with E-state index in [4.69, 9.17) is 0 Å². The Hall–Kier alpha value is -1.44. The molecular weight excluding hydrogens is 220 g/mol. The third-order valence-electron chi connectivity index (χ3n) is 4.12. The summed E-state index contributed by atoms with van der Waals surface area (Å²) >= 11 is 0. The van der Waals surface area contributed by atoms with Crippen molar-refractivity contribution >= 4 is 5.69 Å². The predicted octanol–water partition coefficient (Wildman–Crippen LogP) is 4.46. The predicted molar refractivity (Wildman–Crippen MR) is 80.9 cm³/mol. The summed E-state index contributed by atoms with van der Waals surface area (Å²) in [6.45, 7) is 17.2. The second kappa shape index (κ2) is 5.47. The largest absolute Gasteiger partial charge is 0.305 e. The van der Waals surface area contributed by atoms with Crippen LogP contribution in [0.3, 0.4) is 0 Å². The van der Waals surface area contributed by atoms with Gasteiger partial charge in [-0.05, 0) is 83.2 Å². The normalized spacial score (nSPS) is 10.2. The zero-order valence-electron chi connectivity index (χ0n) is 13.0. The van der Waals surface area contributed by atoms with Gasteiger partial charge in [-0.1, -0.05) is 5.57 Å². The molecule has 2 heteroatoms. The van der Waals surface area contributed by atoms with Gasteiger partial charge in [0.15, 0.2) is 0 Å². The molecule has 0 amide bonds. The highest BCUT2D eigenvalue weighted by Gasteiger charge is 2.11. The second-order valence-electron chi connectivity index (χ2n) is 5.38. The Morgan fingerprint density at radius 3 is 1.44 bits per heavy atom. The molecule has 0 aliphatic heterocycles. The Morgan fingerprint density at radius 1 is 0.667 bits per heavy atom. The van der Waals surface area contributed by atoms with Crippen molar-refractivity contribution in [3.63, 3.8) is 0 Å². The number of hydrogen-bond acceptors (Lipinski definition) is 2. The first-order chi connectivity index (χ1) is 8.27. The van der Waals surface area contributed by atoms with E-state index in [1.54, 1.807) is 0 Å². The molecule has 1 rings (SSSR count). The minimum atomic E-state index is 1.17. The van der Waals surface area contributed by atoms with Crippen LogP contribution in [0.25, 0.3) is 0 Å². The van der Waals surface area contributed by atoms with Gasteiger partial charge in [0.1, 0.15) is 0 Å². The Bertz CT molecular complexity index is 463. The zero-order valence-corrected chi connectivity index (χ0v) is 13.0. The summed E-state index contributed by atoms with van der Waals surface area (Å²) in [7, 11) is 0. The first kappa shape index (κ1) is 14.6. The number of rotatable bonds is 3. The van der Waals surface area contributed by atoms with Crippen molar-refractivity contribution in [3.8, 4) is 0 Å². The number of hydrogen-bond donors (Lipinski definition) is 2. The van der Waals surface area contributed by atoms with Crippen LogP contribution in [0.5, 0.6) is 0 Å².